The second kappa shape index (κ2) is 9.22. The summed E-state index contributed by atoms with van der Waals surface area (Å²) in [5, 5.41) is 11.4. The number of benzene rings is 1. The van der Waals surface area contributed by atoms with Crippen molar-refractivity contribution in [1.82, 2.24) is 25.4 Å². The lowest BCUT2D eigenvalue weighted by molar-refractivity contribution is 0.508. The molecule has 1 aromatic carbocycles. The van der Waals surface area contributed by atoms with Gasteiger partial charge in [0.2, 0.25) is 0 Å². The molecule has 0 aliphatic heterocycles. The van der Waals surface area contributed by atoms with Crippen LogP contribution in [0.1, 0.15) is 25.2 Å². The van der Waals surface area contributed by atoms with Crippen LogP contribution < -0.4 is 10.6 Å². The topological polar surface area (TPSA) is 67.1 Å². The van der Waals surface area contributed by atoms with E-state index in [0.717, 1.165) is 23.4 Å². The van der Waals surface area contributed by atoms with Crippen LogP contribution in [0.15, 0.2) is 35.6 Å². The third-order valence-electron chi connectivity index (χ3n) is 3.75. The van der Waals surface area contributed by atoms with Crippen molar-refractivity contribution < 1.29 is 0 Å². The molecule has 2 rings (SSSR count). The summed E-state index contributed by atoms with van der Waals surface area (Å²) in [6, 6.07) is 7.94. The van der Waals surface area contributed by atoms with E-state index in [0.29, 0.717) is 6.54 Å². The van der Waals surface area contributed by atoms with Gasteiger partial charge in [0.1, 0.15) is 12.2 Å². The number of aromatic nitrogens is 3. The third-order valence-corrected chi connectivity index (χ3v) is 3.98. The van der Waals surface area contributed by atoms with Crippen molar-refractivity contribution in [3.8, 4) is 0 Å². The molecule has 24 heavy (non-hydrogen) atoms. The van der Waals surface area contributed by atoms with Crippen molar-refractivity contribution in [1.29, 1.82) is 0 Å². The largest absolute Gasteiger partial charge is 0.356 e. The number of nitrogens with zero attached hydrogens (tertiary/aromatic N) is 4. The number of hydrogen-bond acceptors (Lipinski definition) is 3. The minimum absolute atomic E-state index is 0. The maximum atomic E-state index is 6.09. The highest BCUT2D eigenvalue weighted by atomic mass is 127. The van der Waals surface area contributed by atoms with Crippen LogP contribution in [-0.2, 0) is 19.0 Å². The van der Waals surface area contributed by atoms with Gasteiger partial charge >= 0.3 is 0 Å². The fraction of sp³-hybridized carbons (Fsp3) is 0.438. The van der Waals surface area contributed by atoms with Crippen LogP contribution in [0.2, 0.25) is 5.02 Å². The molecule has 2 aromatic rings. The second-order valence-electron chi connectivity index (χ2n) is 5.97. The summed E-state index contributed by atoms with van der Waals surface area (Å²) in [6.07, 6.45) is 1.54. The first kappa shape index (κ1) is 20.7. The van der Waals surface area contributed by atoms with Gasteiger partial charge in [-0.25, -0.2) is 4.98 Å². The van der Waals surface area contributed by atoms with Crippen molar-refractivity contribution in [3.05, 3.63) is 47.0 Å². The average molecular weight is 463 g/mol. The molecular formula is C16H24ClIN6. The zero-order chi connectivity index (χ0) is 16.9. The van der Waals surface area contributed by atoms with Gasteiger partial charge in [0.25, 0.3) is 0 Å². The van der Waals surface area contributed by atoms with Crippen molar-refractivity contribution in [2.75, 3.05) is 13.6 Å². The SMILES string of the molecule is CN=C(NCc1ncnn1C)NCC(C)(C)c1cccc(Cl)c1.I. The predicted molar refractivity (Wildman–Crippen MR) is 109 cm³/mol. The smallest absolute Gasteiger partial charge is 0.191 e. The van der Waals surface area contributed by atoms with Gasteiger partial charge in [0.05, 0.1) is 6.54 Å². The molecule has 0 amide bonds. The predicted octanol–water partition coefficient (Wildman–Crippen LogP) is 2.73. The van der Waals surface area contributed by atoms with Gasteiger partial charge in [-0.2, -0.15) is 5.10 Å². The molecule has 0 saturated carbocycles. The van der Waals surface area contributed by atoms with E-state index in [9.17, 15) is 0 Å². The van der Waals surface area contributed by atoms with Crippen LogP contribution in [0.3, 0.4) is 0 Å². The van der Waals surface area contributed by atoms with E-state index in [1.54, 1.807) is 11.7 Å². The van der Waals surface area contributed by atoms with Gasteiger partial charge in [-0.15, -0.1) is 24.0 Å². The summed E-state index contributed by atoms with van der Waals surface area (Å²) in [4.78, 5) is 8.42. The standard InChI is InChI=1S/C16H23ClN6.HI/c1-16(2,12-6-5-7-13(17)8-12)10-20-15(18-3)19-9-14-21-11-22-23(14)4;/h5-8,11H,9-10H2,1-4H3,(H2,18,19,20);1H. The highest BCUT2D eigenvalue weighted by Crippen LogP contribution is 2.24. The lowest BCUT2D eigenvalue weighted by Gasteiger charge is -2.27. The van der Waals surface area contributed by atoms with Gasteiger partial charge < -0.3 is 10.6 Å². The molecule has 0 aliphatic rings. The van der Waals surface area contributed by atoms with Crippen molar-refractivity contribution >= 4 is 41.5 Å². The highest BCUT2D eigenvalue weighted by Gasteiger charge is 2.21. The van der Waals surface area contributed by atoms with Crippen LogP contribution in [0.25, 0.3) is 0 Å². The Morgan fingerprint density at radius 2 is 2.08 bits per heavy atom. The van der Waals surface area contributed by atoms with Gasteiger partial charge in [0, 0.05) is 31.1 Å². The van der Waals surface area contributed by atoms with E-state index in [-0.39, 0.29) is 29.4 Å². The molecular weight excluding hydrogens is 439 g/mol. The normalized spacial score (nSPS) is 11.8. The molecule has 6 nitrogen and oxygen atoms in total. The average Bonchev–Trinajstić information content (AvgIpc) is 2.93. The molecule has 0 atom stereocenters. The first-order valence-electron chi connectivity index (χ1n) is 7.46. The molecule has 0 unspecified atom stereocenters. The van der Waals surface area contributed by atoms with Crippen LogP contribution in [0, 0.1) is 0 Å². The Hall–Kier alpha value is -1.35. The van der Waals surface area contributed by atoms with E-state index in [2.05, 4.69) is 45.6 Å². The number of aliphatic imine (C=N–C) groups is 1. The Morgan fingerprint density at radius 1 is 1.33 bits per heavy atom. The number of aryl methyl sites for hydroxylation is 1. The molecule has 1 heterocycles. The number of halogens is 2. The summed E-state index contributed by atoms with van der Waals surface area (Å²) in [5.41, 5.74) is 1.11. The second-order valence-corrected chi connectivity index (χ2v) is 6.41. The molecule has 0 fully saturated rings. The molecule has 2 N–H and O–H groups in total. The maximum absolute atomic E-state index is 6.09. The first-order valence-corrected chi connectivity index (χ1v) is 7.83. The fourth-order valence-corrected chi connectivity index (χ4v) is 2.37. The maximum Gasteiger partial charge on any atom is 0.191 e. The van der Waals surface area contributed by atoms with Gasteiger partial charge in [-0.1, -0.05) is 37.6 Å². The summed E-state index contributed by atoms with van der Waals surface area (Å²) < 4.78 is 1.73. The van der Waals surface area contributed by atoms with Crippen LogP contribution in [0.5, 0.6) is 0 Å². The number of hydrogen-bond donors (Lipinski definition) is 2. The zero-order valence-corrected chi connectivity index (χ0v) is 17.5. The molecule has 0 bridgehead atoms. The fourth-order valence-electron chi connectivity index (χ4n) is 2.18. The minimum Gasteiger partial charge on any atom is -0.356 e. The summed E-state index contributed by atoms with van der Waals surface area (Å²) in [7, 11) is 3.61. The minimum atomic E-state index is -0.0761. The summed E-state index contributed by atoms with van der Waals surface area (Å²) in [5.74, 6) is 1.57. The highest BCUT2D eigenvalue weighted by molar-refractivity contribution is 14.0. The molecule has 132 valence electrons. The molecule has 0 aliphatic carbocycles. The number of guanidine groups is 1. The van der Waals surface area contributed by atoms with E-state index in [1.807, 2.05) is 25.2 Å². The van der Waals surface area contributed by atoms with Crippen LogP contribution in [0.4, 0.5) is 0 Å². The Morgan fingerprint density at radius 3 is 2.67 bits per heavy atom. The monoisotopic (exact) mass is 462 g/mol. The lowest BCUT2D eigenvalue weighted by atomic mass is 9.84. The van der Waals surface area contributed by atoms with E-state index in [1.165, 1.54) is 11.9 Å². The van der Waals surface area contributed by atoms with E-state index in [4.69, 9.17) is 11.6 Å². The lowest BCUT2D eigenvalue weighted by Crippen LogP contribution is -2.43. The molecule has 8 heteroatoms. The van der Waals surface area contributed by atoms with Crippen molar-refractivity contribution in [2.24, 2.45) is 12.0 Å². The molecule has 0 spiro atoms. The third kappa shape index (κ3) is 5.62. The molecule has 0 saturated heterocycles. The molecule has 0 radical (unpaired) electrons. The number of nitrogens with one attached hydrogen (secondary N) is 2. The van der Waals surface area contributed by atoms with Gasteiger partial charge in [0.15, 0.2) is 5.96 Å². The van der Waals surface area contributed by atoms with Crippen LogP contribution >= 0.6 is 35.6 Å². The van der Waals surface area contributed by atoms with E-state index < -0.39 is 0 Å². The zero-order valence-electron chi connectivity index (χ0n) is 14.4. The number of rotatable bonds is 5. The Balaban J connectivity index is 0.00000288. The molecule has 1 aromatic heterocycles. The van der Waals surface area contributed by atoms with Crippen LogP contribution in [-0.4, -0.2) is 34.3 Å². The van der Waals surface area contributed by atoms with E-state index >= 15 is 0 Å². The first-order chi connectivity index (χ1) is 10.9. The Bertz CT molecular complexity index is 683. The summed E-state index contributed by atoms with van der Waals surface area (Å²) in [6.45, 7) is 5.63. The van der Waals surface area contributed by atoms with Crippen molar-refractivity contribution in [2.45, 2.75) is 25.8 Å². The van der Waals surface area contributed by atoms with Crippen molar-refractivity contribution in [3.63, 3.8) is 0 Å². The van der Waals surface area contributed by atoms with Gasteiger partial charge in [-0.3, -0.25) is 9.67 Å². The summed E-state index contributed by atoms with van der Waals surface area (Å²) >= 11 is 6.09. The Labute approximate surface area is 165 Å². The Kier molecular flexibility index (Phi) is 7.95. The quantitative estimate of drug-likeness (QED) is 0.407. The van der Waals surface area contributed by atoms with Gasteiger partial charge in [-0.05, 0) is 17.7 Å².